The van der Waals surface area contributed by atoms with Crippen LogP contribution in [0.1, 0.15) is 43.7 Å². The lowest BCUT2D eigenvalue weighted by Crippen LogP contribution is -2.44. The Balaban J connectivity index is 1.99. The summed E-state index contributed by atoms with van der Waals surface area (Å²) in [6, 6.07) is 6.01. The van der Waals surface area contributed by atoms with Crippen LogP contribution in [-0.4, -0.2) is 35.8 Å². The van der Waals surface area contributed by atoms with E-state index < -0.39 is 0 Å². The maximum absolute atomic E-state index is 12.7. The van der Waals surface area contributed by atoms with Crippen LogP contribution in [-0.2, 0) is 9.59 Å². The fourth-order valence-corrected chi connectivity index (χ4v) is 3.42. The largest absolute Gasteiger partial charge is 0.333 e. The maximum Gasteiger partial charge on any atom is 0.244 e. The second-order valence-corrected chi connectivity index (χ2v) is 6.79. The molecule has 1 saturated carbocycles. The van der Waals surface area contributed by atoms with E-state index in [2.05, 4.69) is 5.32 Å². The lowest BCUT2D eigenvalue weighted by molar-refractivity contribution is -0.139. The van der Waals surface area contributed by atoms with Crippen molar-refractivity contribution in [2.75, 3.05) is 18.4 Å². The van der Waals surface area contributed by atoms with Crippen molar-refractivity contribution < 1.29 is 9.59 Å². The minimum atomic E-state index is -0.150. The normalized spacial score (nSPS) is 20.5. The second-order valence-electron chi connectivity index (χ2n) is 6.79. The molecule has 0 aromatic heterocycles. The van der Waals surface area contributed by atoms with Crippen LogP contribution >= 0.6 is 0 Å². The van der Waals surface area contributed by atoms with Gasteiger partial charge in [0.15, 0.2) is 0 Å². The number of benzene rings is 1. The molecule has 2 unspecified atom stereocenters. The third kappa shape index (κ3) is 4.57. The topological polar surface area (TPSA) is 75.4 Å². The molecule has 1 fully saturated rings. The van der Waals surface area contributed by atoms with Crippen LogP contribution in [0.15, 0.2) is 18.2 Å². The molecule has 1 aromatic rings. The predicted molar refractivity (Wildman–Crippen MR) is 96.7 cm³/mol. The Bertz CT molecular complexity index is 580. The number of carbonyl (C=O) groups excluding carboxylic acids is 2. The first-order valence-electron chi connectivity index (χ1n) is 8.82. The number of hydrogen-bond acceptors (Lipinski definition) is 3. The highest BCUT2D eigenvalue weighted by atomic mass is 16.2. The molecular formula is C19H29N3O2. The van der Waals surface area contributed by atoms with E-state index in [1.165, 1.54) is 0 Å². The summed E-state index contributed by atoms with van der Waals surface area (Å²) in [7, 11) is 0. The van der Waals surface area contributed by atoms with Gasteiger partial charge in [-0.2, -0.15) is 0 Å². The summed E-state index contributed by atoms with van der Waals surface area (Å²) in [6.07, 6.45) is 3.59. The van der Waals surface area contributed by atoms with Gasteiger partial charge in [-0.3, -0.25) is 9.59 Å². The van der Waals surface area contributed by atoms with E-state index in [-0.39, 0.29) is 30.3 Å². The Morgan fingerprint density at radius 3 is 2.50 bits per heavy atom. The summed E-state index contributed by atoms with van der Waals surface area (Å²) >= 11 is 0. The predicted octanol–water partition coefficient (Wildman–Crippen LogP) is 2.61. The summed E-state index contributed by atoms with van der Waals surface area (Å²) in [6.45, 7) is 6.47. The standard InChI is InChI=1S/C19H29N3O2/c1-4-22(19(24)15-9-6-10-16(20)11-15)12-17(23)21-18-13(2)7-5-8-14(18)3/h5,7-8,15-16H,4,6,9-12,20H2,1-3H3,(H,21,23). The number of likely N-dealkylation sites (N-methyl/N-ethyl adjacent to an activating group) is 1. The minimum Gasteiger partial charge on any atom is -0.333 e. The van der Waals surface area contributed by atoms with Crippen molar-refractivity contribution in [3.63, 3.8) is 0 Å². The van der Waals surface area contributed by atoms with E-state index >= 15 is 0 Å². The van der Waals surface area contributed by atoms with E-state index in [9.17, 15) is 9.59 Å². The number of nitrogens with one attached hydrogen (secondary N) is 1. The van der Waals surface area contributed by atoms with Gasteiger partial charge in [-0.05, 0) is 51.2 Å². The SMILES string of the molecule is CCN(CC(=O)Nc1c(C)cccc1C)C(=O)C1CCCC(N)C1. The molecule has 2 amide bonds. The van der Waals surface area contributed by atoms with Crippen molar-refractivity contribution in [1.29, 1.82) is 0 Å². The molecular weight excluding hydrogens is 302 g/mol. The van der Waals surface area contributed by atoms with Gasteiger partial charge in [0.1, 0.15) is 0 Å². The Labute approximate surface area is 144 Å². The molecule has 24 heavy (non-hydrogen) atoms. The van der Waals surface area contributed by atoms with E-state index in [0.29, 0.717) is 6.54 Å². The van der Waals surface area contributed by atoms with Crippen molar-refractivity contribution >= 4 is 17.5 Å². The number of rotatable bonds is 5. The highest BCUT2D eigenvalue weighted by molar-refractivity contribution is 5.96. The Kier molecular flexibility index (Phi) is 6.37. The molecule has 0 aliphatic heterocycles. The Morgan fingerprint density at radius 1 is 1.25 bits per heavy atom. The first kappa shape index (κ1) is 18.5. The van der Waals surface area contributed by atoms with Crippen LogP contribution in [0.25, 0.3) is 0 Å². The molecule has 5 heteroatoms. The van der Waals surface area contributed by atoms with Crippen molar-refractivity contribution in [3.8, 4) is 0 Å². The molecule has 2 rings (SSSR count). The summed E-state index contributed by atoms with van der Waals surface area (Å²) in [5.41, 5.74) is 8.88. The quantitative estimate of drug-likeness (QED) is 0.871. The molecule has 0 bridgehead atoms. The van der Waals surface area contributed by atoms with Crippen molar-refractivity contribution in [2.24, 2.45) is 11.7 Å². The zero-order valence-electron chi connectivity index (χ0n) is 15.0. The van der Waals surface area contributed by atoms with Crippen molar-refractivity contribution in [1.82, 2.24) is 4.90 Å². The van der Waals surface area contributed by atoms with E-state index in [0.717, 1.165) is 42.5 Å². The number of carbonyl (C=O) groups is 2. The molecule has 1 aliphatic carbocycles. The molecule has 0 saturated heterocycles. The highest BCUT2D eigenvalue weighted by Gasteiger charge is 2.29. The third-order valence-corrected chi connectivity index (χ3v) is 4.84. The Hall–Kier alpha value is -1.88. The average Bonchev–Trinajstić information content (AvgIpc) is 2.55. The number of nitrogens with zero attached hydrogens (tertiary/aromatic N) is 1. The second kappa shape index (κ2) is 8.29. The van der Waals surface area contributed by atoms with Gasteiger partial charge in [0.25, 0.3) is 0 Å². The van der Waals surface area contributed by atoms with Crippen LogP contribution < -0.4 is 11.1 Å². The number of anilines is 1. The molecule has 5 nitrogen and oxygen atoms in total. The van der Waals surface area contributed by atoms with Crippen LogP contribution in [0.5, 0.6) is 0 Å². The number of aryl methyl sites for hydroxylation is 2. The number of amides is 2. The molecule has 1 aromatic carbocycles. The van der Waals surface area contributed by atoms with Crippen molar-refractivity contribution in [2.45, 2.75) is 52.5 Å². The van der Waals surface area contributed by atoms with Gasteiger partial charge < -0.3 is 16.0 Å². The summed E-state index contributed by atoms with van der Waals surface area (Å²) in [5.74, 6) is -0.131. The van der Waals surface area contributed by atoms with Gasteiger partial charge in [0.05, 0.1) is 6.54 Å². The zero-order chi connectivity index (χ0) is 17.7. The monoisotopic (exact) mass is 331 g/mol. The maximum atomic E-state index is 12.7. The van der Waals surface area contributed by atoms with Crippen LogP contribution in [0.2, 0.25) is 0 Å². The number of hydrogen-bond donors (Lipinski definition) is 2. The van der Waals surface area contributed by atoms with Crippen LogP contribution in [0.4, 0.5) is 5.69 Å². The summed E-state index contributed by atoms with van der Waals surface area (Å²) in [5, 5.41) is 2.95. The summed E-state index contributed by atoms with van der Waals surface area (Å²) in [4.78, 5) is 26.7. The lowest BCUT2D eigenvalue weighted by atomic mass is 9.85. The zero-order valence-corrected chi connectivity index (χ0v) is 15.0. The van der Waals surface area contributed by atoms with Gasteiger partial charge in [-0.25, -0.2) is 0 Å². The lowest BCUT2D eigenvalue weighted by Gasteiger charge is -2.30. The van der Waals surface area contributed by atoms with Gasteiger partial charge >= 0.3 is 0 Å². The van der Waals surface area contributed by atoms with Gasteiger partial charge in [-0.1, -0.05) is 24.6 Å². The number of nitrogens with two attached hydrogens (primary N) is 1. The number of para-hydroxylation sites is 1. The van der Waals surface area contributed by atoms with Gasteiger partial charge in [-0.15, -0.1) is 0 Å². The molecule has 1 aliphatic rings. The molecule has 2 atom stereocenters. The average molecular weight is 331 g/mol. The first-order valence-corrected chi connectivity index (χ1v) is 8.82. The van der Waals surface area contributed by atoms with Crippen molar-refractivity contribution in [3.05, 3.63) is 29.3 Å². The molecule has 132 valence electrons. The van der Waals surface area contributed by atoms with Crippen LogP contribution in [0, 0.1) is 19.8 Å². The molecule has 0 heterocycles. The smallest absolute Gasteiger partial charge is 0.244 e. The van der Waals surface area contributed by atoms with Crippen LogP contribution in [0.3, 0.4) is 0 Å². The molecule has 0 radical (unpaired) electrons. The fraction of sp³-hybridized carbons (Fsp3) is 0.579. The third-order valence-electron chi connectivity index (χ3n) is 4.84. The van der Waals surface area contributed by atoms with Gasteiger partial charge in [0, 0.05) is 24.2 Å². The minimum absolute atomic E-state index is 0.0401. The summed E-state index contributed by atoms with van der Waals surface area (Å²) < 4.78 is 0. The fourth-order valence-electron chi connectivity index (χ4n) is 3.42. The van der Waals surface area contributed by atoms with E-state index in [1.807, 2.05) is 39.0 Å². The molecule has 0 spiro atoms. The molecule has 3 N–H and O–H groups in total. The first-order chi connectivity index (χ1) is 11.4. The van der Waals surface area contributed by atoms with Gasteiger partial charge in [0.2, 0.25) is 11.8 Å². The van der Waals surface area contributed by atoms with E-state index in [1.54, 1.807) is 4.90 Å². The highest BCUT2D eigenvalue weighted by Crippen LogP contribution is 2.25. The Morgan fingerprint density at radius 2 is 1.92 bits per heavy atom. The van der Waals surface area contributed by atoms with E-state index in [4.69, 9.17) is 5.73 Å².